The molecule has 0 atom stereocenters. The number of benzene rings is 1. The van der Waals surface area contributed by atoms with E-state index in [1.54, 1.807) is 7.11 Å². The lowest BCUT2D eigenvalue weighted by Gasteiger charge is -2.31. The Morgan fingerprint density at radius 2 is 1.96 bits per heavy atom. The van der Waals surface area contributed by atoms with Gasteiger partial charge in [-0.3, -0.25) is 9.59 Å². The molecule has 1 aromatic rings. The van der Waals surface area contributed by atoms with Crippen molar-refractivity contribution in [3.8, 4) is 5.75 Å². The van der Waals surface area contributed by atoms with Crippen LogP contribution in [0.5, 0.6) is 5.75 Å². The first-order valence-electron chi connectivity index (χ1n) is 7.71. The Balaban J connectivity index is 2.65. The summed E-state index contributed by atoms with van der Waals surface area (Å²) in [7, 11) is 1.60. The number of carbonyl (C=O) groups is 2. The molecule has 0 fully saturated rings. The highest BCUT2D eigenvalue weighted by molar-refractivity contribution is 9.10. The molecule has 0 radical (unpaired) electrons. The molecular weight excluding hydrogens is 362 g/mol. The molecule has 1 aromatic carbocycles. The summed E-state index contributed by atoms with van der Waals surface area (Å²) in [6, 6.07) is 5.70. The summed E-state index contributed by atoms with van der Waals surface area (Å²) in [5.74, 6) is -0.273. The minimum atomic E-state index is -0.895. The summed E-state index contributed by atoms with van der Waals surface area (Å²) < 4.78 is 6.02. The number of carboxylic acid groups (broad SMARTS) is 1. The quantitative estimate of drug-likeness (QED) is 0.681. The van der Waals surface area contributed by atoms with E-state index in [4.69, 9.17) is 9.84 Å². The van der Waals surface area contributed by atoms with Gasteiger partial charge in [0.05, 0.1) is 18.0 Å². The van der Waals surface area contributed by atoms with Crippen LogP contribution in [0.2, 0.25) is 0 Å². The van der Waals surface area contributed by atoms with E-state index in [-0.39, 0.29) is 12.3 Å². The molecule has 6 heteroatoms. The summed E-state index contributed by atoms with van der Waals surface area (Å²) in [5.41, 5.74) is 0.355. The van der Waals surface area contributed by atoms with E-state index in [9.17, 15) is 9.59 Å². The predicted octanol–water partition coefficient (Wildman–Crippen LogP) is 3.54. The molecule has 0 spiro atoms. The maximum Gasteiger partial charge on any atom is 0.305 e. The van der Waals surface area contributed by atoms with Crippen molar-refractivity contribution in [2.75, 3.05) is 7.11 Å². The van der Waals surface area contributed by atoms with Crippen LogP contribution in [-0.4, -0.2) is 29.6 Å². The van der Waals surface area contributed by atoms with Gasteiger partial charge in [-0.25, -0.2) is 0 Å². The van der Waals surface area contributed by atoms with Crippen molar-refractivity contribution in [1.29, 1.82) is 0 Å². The van der Waals surface area contributed by atoms with Gasteiger partial charge in [-0.15, -0.1) is 0 Å². The van der Waals surface area contributed by atoms with Crippen molar-refractivity contribution in [2.24, 2.45) is 0 Å². The number of aryl methyl sites for hydroxylation is 1. The molecule has 23 heavy (non-hydrogen) atoms. The highest BCUT2D eigenvalue weighted by Gasteiger charge is 2.30. The van der Waals surface area contributed by atoms with Crippen molar-refractivity contribution in [2.45, 2.75) is 51.5 Å². The smallest absolute Gasteiger partial charge is 0.305 e. The number of ether oxygens (including phenoxy) is 1. The van der Waals surface area contributed by atoms with E-state index in [2.05, 4.69) is 21.2 Å². The highest BCUT2D eigenvalue weighted by Crippen LogP contribution is 2.26. The Kier molecular flexibility index (Phi) is 7.55. The zero-order valence-electron chi connectivity index (χ0n) is 13.8. The zero-order valence-corrected chi connectivity index (χ0v) is 15.4. The van der Waals surface area contributed by atoms with Crippen LogP contribution in [0.4, 0.5) is 0 Å². The van der Waals surface area contributed by atoms with Gasteiger partial charge < -0.3 is 15.2 Å². The van der Waals surface area contributed by atoms with Crippen LogP contribution >= 0.6 is 15.9 Å². The minimum Gasteiger partial charge on any atom is -0.496 e. The molecule has 5 nitrogen and oxygen atoms in total. The second-order valence-corrected chi connectivity index (χ2v) is 6.43. The van der Waals surface area contributed by atoms with Gasteiger partial charge in [-0.05, 0) is 52.9 Å². The average Bonchev–Trinajstić information content (AvgIpc) is 2.52. The van der Waals surface area contributed by atoms with E-state index in [0.29, 0.717) is 25.7 Å². The fourth-order valence-corrected chi connectivity index (χ4v) is 3.08. The maximum atomic E-state index is 12.2. The third kappa shape index (κ3) is 5.86. The Bertz CT molecular complexity index is 556. The average molecular weight is 386 g/mol. The molecule has 0 saturated carbocycles. The second-order valence-electron chi connectivity index (χ2n) is 5.58. The molecule has 0 heterocycles. The number of hydrogen-bond donors (Lipinski definition) is 2. The van der Waals surface area contributed by atoms with E-state index in [1.165, 1.54) is 0 Å². The minimum absolute atomic E-state index is 0.0557. The molecular formula is C17H24BrNO4. The van der Waals surface area contributed by atoms with Crippen LogP contribution < -0.4 is 10.1 Å². The molecule has 1 amide bonds. The van der Waals surface area contributed by atoms with Gasteiger partial charge in [0.1, 0.15) is 5.75 Å². The van der Waals surface area contributed by atoms with E-state index >= 15 is 0 Å². The fourth-order valence-electron chi connectivity index (χ4n) is 2.49. The Morgan fingerprint density at radius 1 is 1.30 bits per heavy atom. The summed E-state index contributed by atoms with van der Waals surface area (Å²) in [6.45, 7) is 3.79. The maximum absolute atomic E-state index is 12.2. The largest absolute Gasteiger partial charge is 0.496 e. The van der Waals surface area contributed by atoms with Crippen LogP contribution in [0.25, 0.3) is 0 Å². The summed E-state index contributed by atoms with van der Waals surface area (Å²) in [6.07, 6.45) is 2.04. The molecule has 128 valence electrons. The lowest BCUT2D eigenvalue weighted by molar-refractivity contribution is -0.139. The molecule has 0 aromatic heterocycles. The van der Waals surface area contributed by atoms with E-state index in [1.807, 2.05) is 32.0 Å². The number of amides is 1. The Hall–Kier alpha value is -1.56. The standard InChI is InChI=1S/C17H24BrNO4/c1-4-17(5-2,11-16(21)22)19-15(20)9-7-12-6-8-14(23-3)13(18)10-12/h6,8,10H,4-5,7,9,11H2,1-3H3,(H,19,20)(H,21,22). The van der Waals surface area contributed by atoms with Crippen LogP contribution in [0, 0.1) is 0 Å². The highest BCUT2D eigenvalue weighted by atomic mass is 79.9. The van der Waals surface area contributed by atoms with Gasteiger partial charge in [0.2, 0.25) is 5.91 Å². The molecule has 0 bridgehead atoms. The van der Waals surface area contributed by atoms with Gasteiger partial charge in [-0.1, -0.05) is 19.9 Å². The second kappa shape index (κ2) is 8.91. The third-order valence-electron chi connectivity index (χ3n) is 4.10. The molecule has 0 aliphatic heterocycles. The van der Waals surface area contributed by atoms with Crippen molar-refractivity contribution < 1.29 is 19.4 Å². The Labute approximate surface area is 145 Å². The predicted molar refractivity (Wildman–Crippen MR) is 92.7 cm³/mol. The summed E-state index contributed by atoms with van der Waals surface area (Å²) in [5, 5.41) is 12.0. The number of rotatable bonds is 9. The summed E-state index contributed by atoms with van der Waals surface area (Å²) in [4.78, 5) is 23.2. The van der Waals surface area contributed by atoms with Crippen LogP contribution in [0.1, 0.15) is 45.1 Å². The van der Waals surface area contributed by atoms with Gasteiger partial charge in [-0.2, -0.15) is 0 Å². The molecule has 0 aliphatic carbocycles. The molecule has 2 N–H and O–H groups in total. The van der Waals surface area contributed by atoms with Gasteiger partial charge >= 0.3 is 5.97 Å². The SMILES string of the molecule is CCC(CC)(CC(=O)O)NC(=O)CCc1ccc(OC)c(Br)c1. The van der Waals surface area contributed by atoms with Gasteiger partial charge in [0, 0.05) is 12.0 Å². The van der Waals surface area contributed by atoms with E-state index in [0.717, 1.165) is 15.8 Å². The van der Waals surface area contributed by atoms with Crippen molar-refractivity contribution in [3.05, 3.63) is 28.2 Å². The van der Waals surface area contributed by atoms with Gasteiger partial charge in [0.15, 0.2) is 0 Å². The first-order valence-corrected chi connectivity index (χ1v) is 8.50. The monoisotopic (exact) mass is 385 g/mol. The third-order valence-corrected chi connectivity index (χ3v) is 4.72. The lowest BCUT2D eigenvalue weighted by Crippen LogP contribution is -2.49. The molecule has 0 unspecified atom stereocenters. The summed E-state index contributed by atoms with van der Waals surface area (Å²) >= 11 is 3.42. The van der Waals surface area contributed by atoms with Crippen LogP contribution in [0.15, 0.2) is 22.7 Å². The first-order chi connectivity index (χ1) is 10.9. The number of aliphatic carboxylic acids is 1. The number of carboxylic acids is 1. The van der Waals surface area contributed by atoms with Crippen molar-refractivity contribution >= 4 is 27.8 Å². The fraction of sp³-hybridized carbons (Fsp3) is 0.529. The number of carbonyl (C=O) groups excluding carboxylic acids is 1. The molecule has 0 aliphatic rings. The normalized spacial score (nSPS) is 11.1. The lowest BCUT2D eigenvalue weighted by atomic mass is 9.88. The zero-order chi connectivity index (χ0) is 17.5. The van der Waals surface area contributed by atoms with Crippen LogP contribution in [-0.2, 0) is 16.0 Å². The number of methoxy groups -OCH3 is 1. The van der Waals surface area contributed by atoms with E-state index < -0.39 is 11.5 Å². The van der Waals surface area contributed by atoms with Crippen molar-refractivity contribution in [3.63, 3.8) is 0 Å². The Morgan fingerprint density at radius 3 is 2.43 bits per heavy atom. The molecule has 0 saturated heterocycles. The molecule has 1 rings (SSSR count). The number of halogens is 1. The topological polar surface area (TPSA) is 75.6 Å². The first kappa shape index (κ1) is 19.5. The number of nitrogens with one attached hydrogen (secondary N) is 1. The number of hydrogen-bond acceptors (Lipinski definition) is 3. The van der Waals surface area contributed by atoms with Crippen LogP contribution in [0.3, 0.4) is 0 Å². The van der Waals surface area contributed by atoms with Gasteiger partial charge in [0.25, 0.3) is 0 Å². The van der Waals surface area contributed by atoms with Crippen molar-refractivity contribution in [1.82, 2.24) is 5.32 Å².